The predicted octanol–water partition coefficient (Wildman–Crippen LogP) is 4.64. The highest BCUT2D eigenvalue weighted by Crippen LogP contribution is 2.38. The summed E-state index contributed by atoms with van der Waals surface area (Å²) < 4.78 is 25.6. The minimum atomic E-state index is -3.47. The summed E-state index contributed by atoms with van der Waals surface area (Å²) in [7, 11) is -1.97. The Balaban J connectivity index is 1.52. The number of hydrogen-bond donors (Lipinski definition) is 4. The Labute approximate surface area is 208 Å². The van der Waals surface area contributed by atoms with Crippen LogP contribution in [0.3, 0.4) is 0 Å². The van der Waals surface area contributed by atoms with Crippen molar-refractivity contribution in [3.63, 3.8) is 0 Å². The zero-order chi connectivity index (χ0) is 25.4. The average Bonchev–Trinajstić information content (AvgIpc) is 3.35. The maximum Gasteiger partial charge on any atom is 0.272 e. The third-order valence-corrected chi connectivity index (χ3v) is 7.15. The standard InChI is InChI=1S/C26H23N5O4S/c1-31(36(2,34)35)24-8-4-3-6-18(24)16-9-11-19-22(14-16)29-23-15-17(10-12-20(23)30-25(19)32)28-26(33)21-7-5-13-27-21/h3-15,27,29H,1-2H3,(H,28,33)(H,30,32). The lowest BCUT2D eigenvalue weighted by Gasteiger charge is -2.21. The third kappa shape index (κ3) is 4.41. The summed E-state index contributed by atoms with van der Waals surface area (Å²) in [5.74, 6) is -0.570. The molecule has 1 aliphatic heterocycles. The quantitative estimate of drug-likeness (QED) is 0.317. The van der Waals surface area contributed by atoms with Crippen LogP contribution in [0.15, 0.2) is 79.0 Å². The minimum Gasteiger partial charge on any atom is -0.357 e. The van der Waals surface area contributed by atoms with Crippen molar-refractivity contribution < 1.29 is 18.0 Å². The van der Waals surface area contributed by atoms with Gasteiger partial charge in [0, 0.05) is 24.5 Å². The molecule has 1 aliphatic rings. The Hall–Kier alpha value is -4.57. The Morgan fingerprint density at radius 1 is 0.861 bits per heavy atom. The highest BCUT2D eigenvalue weighted by molar-refractivity contribution is 7.92. The first kappa shape index (κ1) is 23.2. The summed E-state index contributed by atoms with van der Waals surface area (Å²) in [6.45, 7) is 0. The van der Waals surface area contributed by atoms with Gasteiger partial charge in [0.05, 0.1) is 34.6 Å². The van der Waals surface area contributed by atoms with Gasteiger partial charge in [-0.15, -0.1) is 0 Å². The fourth-order valence-corrected chi connectivity index (χ4v) is 4.54. The topological polar surface area (TPSA) is 123 Å². The maximum atomic E-state index is 12.9. The molecule has 0 atom stereocenters. The average molecular weight is 502 g/mol. The Morgan fingerprint density at radius 3 is 2.42 bits per heavy atom. The first-order chi connectivity index (χ1) is 17.2. The molecule has 0 radical (unpaired) electrons. The lowest BCUT2D eigenvalue weighted by molar-refractivity contribution is 0.101. The molecule has 36 heavy (non-hydrogen) atoms. The number of aromatic amines is 1. The lowest BCUT2D eigenvalue weighted by Crippen LogP contribution is -2.25. The fraction of sp³-hybridized carbons (Fsp3) is 0.0769. The van der Waals surface area contributed by atoms with E-state index in [0.29, 0.717) is 45.3 Å². The van der Waals surface area contributed by atoms with Crippen LogP contribution in [0.2, 0.25) is 0 Å². The Morgan fingerprint density at radius 2 is 1.67 bits per heavy atom. The van der Waals surface area contributed by atoms with Crippen molar-refractivity contribution in [1.82, 2.24) is 4.98 Å². The zero-order valence-corrected chi connectivity index (χ0v) is 20.3. The number of fused-ring (bicyclic) bond motifs is 2. The number of nitrogens with zero attached hydrogens (tertiary/aromatic N) is 1. The van der Waals surface area contributed by atoms with E-state index >= 15 is 0 Å². The number of para-hydroxylation sites is 1. The molecule has 0 saturated heterocycles. The van der Waals surface area contributed by atoms with Crippen molar-refractivity contribution in [3.05, 3.63) is 90.3 Å². The van der Waals surface area contributed by atoms with Crippen LogP contribution in [0.4, 0.5) is 28.4 Å². The van der Waals surface area contributed by atoms with E-state index in [2.05, 4.69) is 20.9 Å². The zero-order valence-electron chi connectivity index (χ0n) is 19.5. The van der Waals surface area contributed by atoms with E-state index in [-0.39, 0.29) is 11.8 Å². The minimum absolute atomic E-state index is 0.285. The largest absolute Gasteiger partial charge is 0.357 e. The molecule has 0 saturated carbocycles. The number of hydrogen-bond acceptors (Lipinski definition) is 5. The van der Waals surface area contributed by atoms with Gasteiger partial charge >= 0.3 is 0 Å². The fourth-order valence-electron chi connectivity index (χ4n) is 4.02. The van der Waals surface area contributed by atoms with E-state index in [0.717, 1.165) is 11.8 Å². The number of benzene rings is 3. The molecule has 4 N–H and O–H groups in total. The SMILES string of the molecule is CN(c1ccccc1-c1ccc2c(c1)Nc1cc(NC(=O)c3ccc[nH]3)ccc1NC2=O)S(C)(=O)=O. The van der Waals surface area contributed by atoms with Crippen molar-refractivity contribution in [2.24, 2.45) is 0 Å². The molecule has 0 spiro atoms. The van der Waals surface area contributed by atoms with Crippen LogP contribution in [0, 0.1) is 0 Å². The number of sulfonamides is 1. The van der Waals surface area contributed by atoms with Crippen LogP contribution in [-0.4, -0.2) is 38.5 Å². The summed E-state index contributed by atoms with van der Waals surface area (Å²) in [4.78, 5) is 28.2. The van der Waals surface area contributed by atoms with Crippen LogP contribution in [0.1, 0.15) is 20.8 Å². The van der Waals surface area contributed by atoms with Gasteiger partial charge in [-0.2, -0.15) is 0 Å². The molecule has 2 amide bonds. The van der Waals surface area contributed by atoms with Gasteiger partial charge in [-0.05, 0) is 54.1 Å². The third-order valence-electron chi connectivity index (χ3n) is 5.95. The molecule has 3 aromatic carbocycles. The second kappa shape index (κ2) is 8.90. The van der Waals surface area contributed by atoms with Gasteiger partial charge in [-0.25, -0.2) is 8.42 Å². The summed E-state index contributed by atoms with van der Waals surface area (Å²) in [6, 6.07) is 21.0. The molecule has 0 bridgehead atoms. The number of anilines is 5. The summed E-state index contributed by atoms with van der Waals surface area (Å²) in [6.07, 6.45) is 2.82. The van der Waals surface area contributed by atoms with Crippen LogP contribution in [0.25, 0.3) is 11.1 Å². The van der Waals surface area contributed by atoms with Crippen LogP contribution in [-0.2, 0) is 10.0 Å². The number of carbonyl (C=O) groups excluding carboxylic acids is 2. The predicted molar refractivity (Wildman–Crippen MR) is 142 cm³/mol. The molecule has 5 rings (SSSR count). The van der Waals surface area contributed by atoms with Crippen LogP contribution >= 0.6 is 0 Å². The first-order valence-corrected chi connectivity index (χ1v) is 12.9. The van der Waals surface area contributed by atoms with Gasteiger partial charge in [-0.1, -0.05) is 24.3 Å². The van der Waals surface area contributed by atoms with Crippen molar-refractivity contribution in [2.75, 3.05) is 33.6 Å². The van der Waals surface area contributed by atoms with E-state index in [4.69, 9.17) is 0 Å². The van der Waals surface area contributed by atoms with Crippen molar-refractivity contribution in [2.45, 2.75) is 0 Å². The van der Waals surface area contributed by atoms with Gasteiger partial charge in [0.25, 0.3) is 11.8 Å². The van der Waals surface area contributed by atoms with E-state index in [1.165, 1.54) is 11.4 Å². The maximum absolute atomic E-state index is 12.9. The highest BCUT2D eigenvalue weighted by atomic mass is 32.2. The molecule has 2 heterocycles. The molecule has 182 valence electrons. The van der Waals surface area contributed by atoms with Crippen LogP contribution < -0.4 is 20.3 Å². The van der Waals surface area contributed by atoms with E-state index in [1.807, 2.05) is 18.2 Å². The van der Waals surface area contributed by atoms with E-state index < -0.39 is 10.0 Å². The molecule has 4 aromatic rings. The smallest absolute Gasteiger partial charge is 0.272 e. The van der Waals surface area contributed by atoms with Gasteiger partial charge in [-0.3, -0.25) is 13.9 Å². The van der Waals surface area contributed by atoms with Gasteiger partial charge in [0.15, 0.2) is 0 Å². The number of amides is 2. The molecule has 0 aliphatic carbocycles. The Kier molecular flexibility index (Phi) is 5.73. The number of aromatic nitrogens is 1. The Bertz CT molecular complexity index is 1600. The van der Waals surface area contributed by atoms with Gasteiger partial charge in [0.2, 0.25) is 10.0 Å². The summed E-state index contributed by atoms with van der Waals surface area (Å²) in [5.41, 5.74) is 5.08. The normalized spacial score (nSPS) is 12.4. The monoisotopic (exact) mass is 501 g/mol. The second-order valence-corrected chi connectivity index (χ2v) is 10.4. The summed E-state index contributed by atoms with van der Waals surface area (Å²) >= 11 is 0. The van der Waals surface area contributed by atoms with Crippen LogP contribution in [0.5, 0.6) is 0 Å². The van der Waals surface area contributed by atoms with E-state index in [1.54, 1.807) is 60.8 Å². The molecule has 10 heteroatoms. The van der Waals surface area contributed by atoms with Crippen molar-refractivity contribution >= 4 is 50.3 Å². The molecule has 0 fully saturated rings. The van der Waals surface area contributed by atoms with Gasteiger partial charge < -0.3 is 20.9 Å². The number of H-pyrrole nitrogens is 1. The molecular formula is C26H23N5O4S. The molecule has 9 nitrogen and oxygen atoms in total. The lowest BCUT2D eigenvalue weighted by atomic mass is 10.0. The molecular weight excluding hydrogens is 478 g/mol. The number of rotatable bonds is 5. The second-order valence-electron chi connectivity index (χ2n) is 8.39. The molecule has 1 aromatic heterocycles. The van der Waals surface area contributed by atoms with Crippen molar-refractivity contribution in [3.8, 4) is 11.1 Å². The van der Waals surface area contributed by atoms with Crippen molar-refractivity contribution in [1.29, 1.82) is 0 Å². The first-order valence-electron chi connectivity index (χ1n) is 11.1. The number of carbonyl (C=O) groups is 2. The summed E-state index contributed by atoms with van der Waals surface area (Å²) in [5, 5.41) is 9.02. The molecule has 0 unspecified atom stereocenters. The van der Waals surface area contributed by atoms with E-state index in [9.17, 15) is 18.0 Å². The highest BCUT2D eigenvalue weighted by Gasteiger charge is 2.22. The van der Waals surface area contributed by atoms with Gasteiger partial charge in [0.1, 0.15) is 5.69 Å². The number of nitrogens with one attached hydrogen (secondary N) is 4.